The Morgan fingerprint density at radius 1 is 1.03 bits per heavy atom. The number of aromatic nitrogens is 1. The SMILES string of the molecule is CCNC(=NCc1ccc(CS(C)(=O)=O)cc1)NCc1coc(-c2ccc(C)cc2)n1.I. The molecule has 0 spiro atoms. The molecule has 0 aliphatic carbocycles. The first-order chi connectivity index (χ1) is 14.8. The highest BCUT2D eigenvalue weighted by Crippen LogP contribution is 2.19. The minimum absolute atomic E-state index is 0. The third-order valence-electron chi connectivity index (χ3n) is 4.50. The number of hydrogen-bond donors (Lipinski definition) is 2. The molecule has 0 unspecified atom stereocenters. The Hall–Kier alpha value is -2.40. The number of halogens is 1. The fraction of sp³-hybridized carbons (Fsp3) is 0.304. The van der Waals surface area contributed by atoms with Gasteiger partial charge < -0.3 is 15.1 Å². The van der Waals surface area contributed by atoms with E-state index < -0.39 is 9.84 Å². The molecular formula is C23H29IN4O3S. The number of aryl methyl sites for hydroxylation is 1. The fourth-order valence-corrected chi connectivity index (χ4v) is 3.74. The molecule has 2 N–H and O–H groups in total. The summed E-state index contributed by atoms with van der Waals surface area (Å²) in [5, 5.41) is 6.47. The molecule has 172 valence electrons. The first-order valence-electron chi connectivity index (χ1n) is 10.1. The third-order valence-corrected chi connectivity index (χ3v) is 5.36. The van der Waals surface area contributed by atoms with Gasteiger partial charge in [-0.1, -0.05) is 42.0 Å². The van der Waals surface area contributed by atoms with Crippen LogP contribution in [0, 0.1) is 6.92 Å². The first kappa shape index (κ1) is 25.9. The summed E-state index contributed by atoms with van der Waals surface area (Å²) in [5.41, 5.74) is 4.69. The van der Waals surface area contributed by atoms with E-state index in [9.17, 15) is 8.42 Å². The van der Waals surface area contributed by atoms with Crippen LogP contribution in [0.4, 0.5) is 0 Å². The molecule has 0 aliphatic rings. The molecule has 0 amide bonds. The van der Waals surface area contributed by atoms with E-state index >= 15 is 0 Å². The Balaban J connectivity index is 0.00000363. The van der Waals surface area contributed by atoms with Gasteiger partial charge in [-0.2, -0.15) is 0 Å². The predicted molar refractivity (Wildman–Crippen MR) is 139 cm³/mol. The van der Waals surface area contributed by atoms with Gasteiger partial charge in [-0.3, -0.25) is 0 Å². The van der Waals surface area contributed by atoms with Crippen molar-refractivity contribution in [3.63, 3.8) is 0 Å². The summed E-state index contributed by atoms with van der Waals surface area (Å²) >= 11 is 0. The molecular weight excluding hydrogens is 539 g/mol. The Morgan fingerprint density at radius 3 is 2.31 bits per heavy atom. The minimum Gasteiger partial charge on any atom is -0.444 e. The Kier molecular flexibility index (Phi) is 9.70. The van der Waals surface area contributed by atoms with Crippen LogP contribution in [0.3, 0.4) is 0 Å². The standard InChI is InChI=1S/C23H28N4O3S.HI/c1-4-24-23(25-13-18-7-9-19(10-8-18)16-31(3,28)29)26-14-21-15-30-22(27-21)20-11-5-17(2)6-12-20;/h5-12,15H,4,13-14,16H2,1-3H3,(H2,24,25,26);1H. The molecule has 0 radical (unpaired) electrons. The molecule has 0 saturated heterocycles. The van der Waals surface area contributed by atoms with Crippen molar-refractivity contribution in [1.29, 1.82) is 0 Å². The van der Waals surface area contributed by atoms with Gasteiger partial charge in [0.05, 0.1) is 24.5 Å². The molecule has 0 fully saturated rings. The van der Waals surface area contributed by atoms with Crippen molar-refractivity contribution < 1.29 is 12.8 Å². The predicted octanol–water partition coefficient (Wildman–Crippen LogP) is 4.07. The van der Waals surface area contributed by atoms with E-state index in [0.717, 1.165) is 28.9 Å². The van der Waals surface area contributed by atoms with Gasteiger partial charge in [0.25, 0.3) is 0 Å². The summed E-state index contributed by atoms with van der Waals surface area (Å²) in [6.07, 6.45) is 2.88. The van der Waals surface area contributed by atoms with Crippen molar-refractivity contribution in [1.82, 2.24) is 15.6 Å². The summed E-state index contributed by atoms with van der Waals surface area (Å²) in [5.74, 6) is 1.30. The van der Waals surface area contributed by atoms with Gasteiger partial charge in [-0.25, -0.2) is 18.4 Å². The number of nitrogens with zero attached hydrogens (tertiary/aromatic N) is 2. The summed E-state index contributed by atoms with van der Waals surface area (Å²) in [6, 6.07) is 15.5. The lowest BCUT2D eigenvalue weighted by atomic mass is 10.1. The monoisotopic (exact) mass is 568 g/mol. The van der Waals surface area contributed by atoms with E-state index in [4.69, 9.17) is 4.42 Å². The number of nitrogens with one attached hydrogen (secondary N) is 2. The van der Waals surface area contributed by atoms with Crippen molar-refractivity contribution in [2.45, 2.75) is 32.7 Å². The number of hydrogen-bond acceptors (Lipinski definition) is 5. The quantitative estimate of drug-likeness (QED) is 0.242. The number of rotatable bonds is 8. The van der Waals surface area contributed by atoms with Crippen LogP contribution < -0.4 is 10.6 Å². The summed E-state index contributed by atoms with van der Waals surface area (Å²) < 4.78 is 28.4. The van der Waals surface area contributed by atoms with Crippen LogP contribution in [-0.2, 0) is 28.7 Å². The summed E-state index contributed by atoms with van der Waals surface area (Å²) in [4.78, 5) is 9.13. The highest BCUT2D eigenvalue weighted by molar-refractivity contribution is 14.0. The van der Waals surface area contributed by atoms with Crippen LogP contribution in [0.5, 0.6) is 0 Å². The van der Waals surface area contributed by atoms with Gasteiger partial charge in [0.1, 0.15) is 6.26 Å². The number of guanidine groups is 1. The zero-order chi connectivity index (χ0) is 22.3. The molecule has 3 rings (SSSR count). The fourth-order valence-electron chi connectivity index (χ4n) is 2.95. The van der Waals surface area contributed by atoms with Crippen LogP contribution in [0.15, 0.2) is 64.2 Å². The molecule has 7 nitrogen and oxygen atoms in total. The number of aliphatic imine (C=N–C) groups is 1. The van der Waals surface area contributed by atoms with E-state index in [1.165, 1.54) is 11.8 Å². The molecule has 0 saturated carbocycles. The normalized spacial score (nSPS) is 11.7. The van der Waals surface area contributed by atoms with Crippen LogP contribution in [0.2, 0.25) is 0 Å². The van der Waals surface area contributed by atoms with Gasteiger partial charge in [-0.05, 0) is 37.1 Å². The van der Waals surface area contributed by atoms with Gasteiger partial charge in [-0.15, -0.1) is 24.0 Å². The smallest absolute Gasteiger partial charge is 0.226 e. The van der Waals surface area contributed by atoms with E-state index in [2.05, 4.69) is 20.6 Å². The van der Waals surface area contributed by atoms with Crippen molar-refractivity contribution in [2.24, 2.45) is 4.99 Å². The zero-order valence-electron chi connectivity index (χ0n) is 18.5. The Morgan fingerprint density at radius 2 is 1.69 bits per heavy atom. The van der Waals surface area contributed by atoms with Crippen molar-refractivity contribution in [3.05, 3.63) is 77.2 Å². The maximum Gasteiger partial charge on any atom is 0.226 e. The molecule has 2 aromatic carbocycles. The Bertz CT molecular complexity index is 1120. The maximum atomic E-state index is 11.4. The van der Waals surface area contributed by atoms with Crippen LogP contribution >= 0.6 is 24.0 Å². The largest absolute Gasteiger partial charge is 0.444 e. The second-order valence-corrected chi connectivity index (χ2v) is 9.59. The van der Waals surface area contributed by atoms with Crippen molar-refractivity contribution >= 4 is 39.8 Å². The van der Waals surface area contributed by atoms with Gasteiger partial charge in [0, 0.05) is 18.4 Å². The first-order valence-corrected chi connectivity index (χ1v) is 12.2. The molecule has 0 bridgehead atoms. The minimum atomic E-state index is -3.04. The van der Waals surface area contributed by atoms with Crippen LogP contribution in [0.25, 0.3) is 11.5 Å². The van der Waals surface area contributed by atoms with Crippen LogP contribution in [-0.4, -0.2) is 32.2 Å². The molecule has 9 heteroatoms. The summed E-state index contributed by atoms with van der Waals surface area (Å²) in [7, 11) is -3.04. The van der Waals surface area contributed by atoms with E-state index in [1.54, 1.807) is 6.26 Å². The lowest BCUT2D eigenvalue weighted by Gasteiger charge is -2.10. The third kappa shape index (κ3) is 8.27. The van der Waals surface area contributed by atoms with E-state index in [0.29, 0.717) is 24.9 Å². The van der Waals surface area contributed by atoms with Crippen LogP contribution in [0.1, 0.15) is 29.3 Å². The highest BCUT2D eigenvalue weighted by Gasteiger charge is 2.08. The van der Waals surface area contributed by atoms with E-state index in [-0.39, 0.29) is 29.7 Å². The topological polar surface area (TPSA) is 96.6 Å². The lowest BCUT2D eigenvalue weighted by Crippen LogP contribution is -2.36. The average Bonchev–Trinajstić information content (AvgIpc) is 3.19. The lowest BCUT2D eigenvalue weighted by molar-refractivity contribution is 0.572. The average molecular weight is 568 g/mol. The second-order valence-electron chi connectivity index (χ2n) is 7.45. The Labute approximate surface area is 206 Å². The molecule has 0 atom stereocenters. The van der Waals surface area contributed by atoms with Gasteiger partial charge in [0.15, 0.2) is 15.8 Å². The van der Waals surface area contributed by atoms with Gasteiger partial charge in [0.2, 0.25) is 5.89 Å². The molecule has 3 aromatic rings. The number of sulfone groups is 1. The molecule has 0 aliphatic heterocycles. The highest BCUT2D eigenvalue weighted by atomic mass is 127. The molecule has 32 heavy (non-hydrogen) atoms. The molecule has 1 heterocycles. The zero-order valence-corrected chi connectivity index (χ0v) is 21.6. The summed E-state index contributed by atoms with van der Waals surface area (Å²) in [6.45, 7) is 5.73. The van der Waals surface area contributed by atoms with Crippen molar-refractivity contribution in [2.75, 3.05) is 12.8 Å². The molecule has 1 aromatic heterocycles. The van der Waals surface area contributed by atoms with Gasteiger partial charge >= 0.3 is 0 Å². The number of oxazole rings is 1. The maximum absolute atomic E-state index is 11.4. The van der Waals surface area contributed by atoms with E-state index in [1.807, 2.05) is 62.4 Å². The second kappa shape index (κ2) is 12.0. The van der Waals surface area contributed by atoms with Crippen molar-refractivity contribution in [3.8, 4) is 11.5 Å². The number of benzene rings is 2.